The van der Waals surface area contributed by atoms with Crippen molar-refractivity contribution >= 4 is 11.5 Å². The van der Waals surface area contributed by atoms with E-state index in [1.165, 1.54) is 12.1 Å². The summed E-state index contributed by atoms with van der Waals surface area (Å²) in [5.74, 6) is -0.689. The first-order chi connectivity index (χ1) is 10.9. The Kier molecular flexibility index (Phi) is 4.57. The molecule has 0 spiro atoms. The lowest BCUT2D eigenvalue weighted by Crippen LogP contribution is -2.32. The van der Waals surface area contributed by atoms with E-state index in [1.54, 1.807) is 27.7 Å². The van der Waals surface area contributed by atoms with Gasteiger partial charge >= 0.3 is 12.1 Å². The molecule has 0 amide bonds. The molecule has 1 heterocycles. The average Bonchev–Trinajstić information content (AvgIpc) is 2.43. The number of hydrogen-bond acceptors (Lipinski definition) is 4. The number of carbonyl (C=O) groups is 1. The fourth-order valence-electron chi connectivity index (χ4n) is 2.61. The number of aliphatic hydroxyl groups is 1. The molecule has 0 saturated heterocycles. The van der Waals surface area contributed by atoms with Crippen molar-refractivity contribution in [2.45, 2.75) is 33.9 Å². The van der Waals surface area contributed by atoms with Crippen LogP contribution < -0.4 is 4.74 Å². The van der Waals surface area contributed by atoms with E-state index in [0.29, 0.717) is 16.7 Å². The highest BCUT2D eigenvalue weighted by Gasteiger charge is 2.38. The van der Waals surface area contributed by atoms with Crippen molar-refractivity contribution in [1.82, 2.24) is 0 Å². The Hall–Kier alpha value is -2.18. The number of halogens is 3. The first kappa shape index (κ1) is 18.2. The van der Waals surface area contributed by atoms with Crippen LogP contribution in [0.5, 0.6) is 5.75 Å². The number of carbonyl (C=O) groups excluding carboxylic acids is 1. The predicted octanol–water partition coefficient (Wildman–Crippen LogP) is 4.10. The van der Waals surface area contributed by atoms with Crippen LogP contribution in [-0.2, 0) is 9.53 Å². The third-order valence-corrected chi connectivity index (χ3v) is 3.80. The molecule has 4 nitrogen and oxygen atoms in total. The van der Waals surface area contributed by atoms with Gasteiger partial charge in [-0.1, -0.05) is 0 Å². The van der Waals surface area contributed by atoms with Gasteiger partial charge in [-0.2, -0.15) is 13.2 Å². The first-order valence-corrected chi connectivity index (χ1v) is 7.34. The number of hydrogen-bond donors (Lipinski definition) is 1. The third-order valence-electron chi connectivity index (χ3n) is 3.80. The molecular formula is C17H19F3O4. The number of ether oxygens (including phenoxy) is 2. The van der Waals surface area contributed by atoms with Crippen molar-refractivity contribution < 1.29 is 32.5 Å². The standard InChI is InChI=1S/C17H19F3O4/c1-9-5-11(23-8-17(18,19)20)6-10(2)12(9)13-14(21)16(3,4)7-24-15(13)22/h5-6,21H,7-8H2,1-4H3. The second-order valence-corrected chi connectivity index (χ2v) is 6.52. The molecule has 0 aliphatic carbocycles. The summed E-state index contributed by atoms with van der Waals surface area (Å²) < 4.78 is 46.7. The van der Waals surface area contributed by atoms with Gasteiger partial charge in [0, 0.05) is 0 Å². The number of esters is 1. The summed E-state index contributed by atoms with van der Waals surface area (Å²) in [5.41, 5.74) is 0.799. The summed E-state index contributed by atoms with van der Waals surface area (Å²) in [6.07, 6.45) is -4.43. The average molecular weight is 344 g/mol. The van der Waals surface area contributed by atoms with Gasteiger partial charge in [0.05, 0.1) is 5.41 Å². The number of rotatable bonds is 3. The Bertz CT molecular complexity index is 679. The molecule has 0 aromatic heterocycles. The van der Waals surface area contributed by atoms with Gasteiger partial charge in [-0.3, -0.25) is 0 Å². The van der Waals surface area contributed by atoms with Crippen LogP contribution in [0.4, 0.5) is 13.2 Å². The van der Waals surface area contributed by atoms with Gasteiger partial charge in [-0.25, -0.2) is 4.79 Å². The van der Waals surface area contributed by atoms with E-state index < -0.39 is 24.2 Å². The summed E-state index contributed by atoms with van der Waals surface area (Å²) >= 11 is 0. The number of cyclic esters (lactones) is 1. The largest absolute Gasteiger partial charge is 0.511 e. The highest BCUT2D eigenvalue weighted by molar-refractivity contribution is 6.18. The van der Waals surface area contributed by atoms with Crippen molar-refractivity contribution in [3.05, 3.63) is 34.6 Å². The Morgan fingerprint density at radius 1 is 1.25 bits per heavy atom. The van der Waals surface area contributed by atoms with E-state index in [0.717, 1.165) is 0 Å². The van der Waals surface area contributed by atoms with Gasteiger partial charge in [0.1, 0.15) is 23.7 Å². The summed E-state index contributed by atoms with van der Waals surface area (Å²) in [4.78, 5) is 12.1. The quantitative estimate of drug-likeness (QED) is 0.839. The van der Waals surface area contributed by atoms with Gasteiger partial charge in [0.2, 0.25) is 0 Å². The zero-order valence-corrected chi connectivity index (χ0v) is 13.9. The molecule has 0 bridgehead atoms. The molecule has 0 radical (unpaired) electrons. The smallest absolute Gasteiger partial charge is 0.422 e. The normalized spacial score (nSPS) is 17.7. The maximum atomic E-state index is 12.3. The molecule has 1 aliphatic rings. The van der Waals surface area contributed by atoms with E-state index in [4.69, 9.17) is 9.47 Å². The molecule has 2 rings (SSSR count). The van der Waals surface area contributed by atoms with Gasteiger partial charge in [-0.15, -0.1) is 0 Å². The molecule has 1 aliphatic heterocycles. The minimum absolute atomic E-state index is 0.0450. The molecule has 132 valence electrons. The topological polar surface area (TPSA) is 55.8 Å². The summed E-state index contributed by atoms with van der Waals surface area (Å²) in [6.45, 7) is 5.41. The van der Waals surface area contributed by atoms with Crippen LogP contribution in [0.1, 0.15) is 30.5 Å². The van der Waals surface area contributed by atoms with Crippen LogP contribution in [0.2, 0.25) is 0 Å². The monoisotopic (exact) mass is 344 g/mol. The Balaban J connectivity index is 2.47. The molecule has 1 aromatic carbocycles. The fraction of sp³-hybridized carbons (Fsp3) is 0.471. The summed E-state index contributed by atoms with van der Waals surface area (Å²) in [7, 11) is 0. The molecule has 0 saturated carbocycles. The maximum Gasteiger partial charge on any atom is 0.422 e. The van der Waals surface area contributed by atoms with Crippen LogP contribution in [0.3, 0.4) is 0 Å². The summed E-state index contributed by atoms with van der Waals surface area (Å²) in [5, 5.41) is 10.4. The highest BCUT2D eigenvalue weighted by Crippen LogP contribution is 2.39. The second-order valence-electron chi connectivity index (χ2n) is 6.52. The predicted molar refractivity (Wildman–Crippen MR) is 81.8 cm³/mol. The zero-order valence-electron chi connectivity index (χ0n) is 13.9. The molecule has 0 unspecified atom stereocenters. The number of alkyl halides is 3. The SMILES string of the molecule is Cc1cc(OCC(F)(F)F)cc(C)c1C1=C(O)C(C)(C)COC1=O. The van der Waals surface area contributed by atoms with E-state index in [2.05, 4.69) is 0 Å². The van der Waals surface area contributed by atoms with Gasteiger partial charge < -0.3 is 14.6 Å². The summed E-state index contributed by atoms with van der Waals surface area (Å²) in [6, 6.07) is 2.81. The van der Waals surface area contributed by atoms with Gasteiger partial charge in [-0.05, 0) is 56.5 Å². The van der Waals surface area contributed by atoms with Gasteiger partial charge in [0.15, 0.2) is 6.61 Å². The first-order valence-electron chi connectivity index (χ1n) is 7.34. The molecular weight excluding hydrogens is 325 g/mol. The Morgan fingerprint density at radius 2 is 1.79 bits per heavy atom. The molecule has 1 N–H and O–H groups in total. The van der Waals surface area contributed by atoms with Crippen LogP contribution in [-0.4, -0.2) is 30.5 Å². The van der Waals surface area contributed by atoms with Gasteiger partial charge in [0.25, 0.3) is 0 Å². The lowest BCUT2D eigenvalue weighted by atomic mass is 9.83. The third kappa shape index (κ3) is 3.66. The lowest BCUT2D eigenvalue weighted by molar-refractivity contribution is -0.153. The van der Waals surface area contributed by atoms with E-state index in [-0.39, 0.29) is 23.7 Å². The Morgan fingerprint density at radius 3 is 2.29 bits per heavy atom. The molecule has 0 atom stereocenters. The van der Waals surface area contributed by atoms with Crippen LogP contribution in [0.25, 0.3) is 5.57 Å². The van der Waals surface area contributed by atoms with Crippen molar-refractivity contribution in [3.63, 3.8) is 0 Å². The van der Waals surface area contributed by atoms with Crippen LogP contribution in [0, 0.1) is 19.3 Å². The fourth-order valence-corrected chi connectivity index (χ4v) is 2.61. The molecule has 0 fully saturated rings. The van der Waals surface area contributed by atoms with E-state index in [9.17, 15) is 23.1 Å². The second kappa shape index (κ2) is 6.03. The van der Waals surface area contributed by atoms with Crippen molar-refractivity contribution in [2.24, 2.45) is 5.41 Å². The molecule has 7 heteroatoms. The van der Waals surface area contributed by atoms with E-state index >= 15 is 0 Å². The minimum Gasteiger partial charge on any atom is -0.511 e. The van der Waals surface area contributed by atoms with Crippen molar-refractivity contribution in [3.8, 4) is 5.75 Å². The van der Waals surface area contributed by atoms with Crippen LogP contribution in [0.15, 0.2) is 17.9 Å². The number of aryl methyl sites for hydroxylation is 2. The highest BCUT2D eigenvalue weighted by atomic mass is 19.4. The molecule has 24 heavy (non-hydrogen) atoms. The Labute approximate surface area is 137 Å². The maximum absolute atomic E-state index is 12.3. The van der Waals surface area contributed by atoms with E-state index in [1.807, 2.05) is 0 Å². The van der Waals surface area contributed by atoms with Crippen molar-refractivity contribution in [2.75, 3.05) is 13.2 Å². The number of aliphatic hydroxyl groups excluding tert-OH is 1. The minimum atomic E-state index is -4.43. The lowest BCUT2D eigenvalue weighted by Gasteiger charge is -2.31. The molecule has 1 aromatic rings. The zero-order chi connectivity index (χ0) is 18.3. The van der Waals surface area contributed by atoms with Crippen LogP contribution >= 0.6 is 0 Å². The van der Waals surface area contributed by atoms with Crippen molar-refractivity contribution in [1.29, 1.82) is 0 Å². The number of benzene rings is 1.